The Kier molecular flexibility index (Phi) is 6.03. The number of benzene rings is 1. The molecule has 0 saturated heterocycles. The Bertz CT molecular complexity index is 841. The van der Waals surface area contributed by atoms with Gasteiger partial charge in [0.25, 0.3) is 0 Å². The monoisotopic (exact) mass is 370 g/mol. The average molecular weight is 371 g/mol. The van der Waals surface area contributed by atoms with Crippen LogP contribution in [0.15, 0.2) is 59.1 Å². The molecule has 1 aromatic carbocycles. The van der Waals surface area contributed by atoms with Crippen molar-refractivity contribution in [2.45, 2.75) is 18.1 Å². The molecule has 2 heterocycles. The van der Waals surface area contributed by atoms with Gasteiger partial charge in [-0.2, -0.15) is 0 Å². The molecular weight excluding hydrogens is 352 g/mol. The summed E-state index contributed by atoms with van der Waals surface area (Å²) in [5, 5.41) is 11.4. The Hall–Kier alpha value is -2.38. The molecule has 0 aliphatic carbocycles. The van der Waals surface area contributed by atoms with Gasteiger partial charge in [-0.1, -0.05) is 60.3 Å². The van der Waals surface area contributed by atoms with Crippen LogP contribution in [0.4, 0.5) is 0 Å². The molecule has 0 saturated carbocycles. The molecule has 128 valence electrons. The minimum absolute atomic E-state index is 0.268. The molecule has 2 N–H and O–H groups in total. The third-order valence-electron chi connectivity index (χ3n) is 3.46. The normalized spacial score (nSPS) is 11.2. The summed E-state index contributed by atoms with van der Waals surface area (Å²) in [6.07, 6.45) is 4.44. The van der Waals surface area contributed by atoms with E-state index >= 15 is 0 Å². The van der Waals surface area contributed by atoms with Gasteiger partial charge in [0.05, 0.1) is 4.88 Å². The van der Waals surface area contributed by atoms with Crippen molar-refractivity contribution in [3.63, 3.8) is 0 Å². The van der Waals surface area contributed by atoms with E-state index in [9.17, 15) is 4.79 Å². The second-order valence-electron chi connectivity index (χ2n) is 5.28. The van der Waals surface area contributed by atoms with Gasteiger partial charge in [0.2, 0.25) is 5.91 Å². The predicted molar refractivity (Wildman–Crippen MR) is 103 cm³/mol. The first-order valence-corrected chi connectivity index (χ1v) is 9.70. The van der Waals surface area contributed by atoms with Crippen molar-refractivity contribution in [2.75, 3.05) is 5.75 Å². The lowest BCUT2D eigenvalue weighted by molar-refractivity contribution is -0.118. The summed E-state index contributed by atoms with van der Waals surface area (Å²) in [7, 11) is 0. The topological polar surface area (TPSA) is 73.8 Å². The fraction of sp³-hybridized carbons (Fsp3) is 0.167. The van der Waals surface area contributed by atoms with Gasteiger partial charge in [-0.3, -0.25) is 4.79 Å². The first-order chi connectivity index (χ1) is 12.2. The van der Waals surface area contributed by atoms with Gasteiger partial charge in [0.15, 0.2) is 11.0 Å². The third kappa shape index (κ3) is 4.80. The van der Waals surface area contributed by atoms with Crippen LogP contribution in [0.3, 0.4) is 0 Å². The van der Waals surface area contributed by atoms with Gasteiger partial charge in [0.1, 0.15) is 0 Å². The molecule has 25 heavy (non-hydrogen) atoms. The number of primary amides is 1. The Balaban J connectivity index is 1.71. The molecule has 0 radical (unpaired) electrons. The lowest BCUT2D eigenvalue weighted by atomic mass is 10.2. The lowest BCUT2D eigenvalue weighted by Gasteiger charge is -2.07. The molecule has 1 amide bonds. The van der Waals surface area contributed by atoms with E-state index in [0.717, 1.165) is 27.2 Å². The molecule has 5 nitrogen and oxygen atoms in total. The highest BCUT2D eigenvalue weighted by Gasteiger charge is 2.15. The quantitative estimate of drug-likeness (QED) is 0.614. The number of carbonyl (C=O) groups is 1. The van der Waals surface area contributed by atoms with Crippen molar-refractivity contribution in [1.29, 1.82) is 0 Å². The molecular formula is C18H18N4OS2. The molecule has 7 heteroatoms. The zero-order valence-corrected chi connectivity index (χ0v) is 15.2. The Morgan fingerprint density at radius 2 is 2.04 bits per heavy atom. The summed E-state index contributed by atoms with van der Waals surface area (Å²) in [6.45, 7) is 0.486. The van der Waals surface area contributed by atoms with Crippen LogP contribution >= 0.6 is 23.1 Å². The zero-order chi connectivity index (χ0) is 17.5. The zero-order valence-electron chi connectivity index (χ0n) is 13.5. The van der Waals surface area contributed by atoms with Crippen molar-refractivity contribution in [1.82, 2.24) is 14.8 Å². The lowest BCUT2D eigenvalue weighted by Crippen LogP contribution is -2.14. The summed E-state index contributed by atoms with van der Waals surface area (Å²) in [5.41, 5.74) is 6.47. The van der Waals surface area contributed by atoms with E-state index in [2.05, 4.69) is 34.5 Å². The van der Waals surface area contributed by atoms with Gasteiger partial charge in [0, 0.05) is 18.7 Å². The molecule has 0 aliphatic rings. The van der Waals surface area contributed by atoms with Crippen molar-refractivity contribution < 1.29 is 4.79 Å². The number of thiophene rings is 1. The van der Waals surface area contributed by atoms with E-state index in [-0.39, 0.29) is 12.3 Å². The number of rotatable bonds is 8. The van der Waals surface area contributed by atoms with E-state index in [1.807, 2.05) is 40.3 Å². The van der Waals surface area contributed by atoms with Gasteiger partial charge in [-0.15, -0.1) is 21.5 Å². The van der Waals surface area contributed by atoms with Crippen molar-refractivity contribution >= 4 is 35.1 Å². The second-order valence-corrected chi connectivity index (χ2v) is 7.21. The smallest absolute Gasteiger partial charge is 0.219 e. The van der Waals surface area contributed by atoms with Crippen LogP contribution in [-0.2, 0) is 11.3 Å². The summed E-state index contributed by atoms with van der Waals surface area (Å²) in [4.78, 5) is 12.2. The number of thioether (sulfide) groups is 1. The number of aromatic nitrogens is 3. The average Bonchev–Trinajstić information content (AvgIpc) is 3.27. The van der Waals surface area contributed by atoms with Gasteiger partial charge < -0.3 is 10.3 Å². The number of hydrogen-bond acceptors (Lipinski definition) is 5. The van der Waals surface area contributed by atoms with Crippen molar-refractivity contribution in [3.05, 3.63) is 59.5 Å². The number of nitrogens with two attached hydrogens (primary N) is 1. The third-order valence-corrected chi connectivity index (χ3v) is 5.24. The minimum atomic E-state index is -0.328. The number of amides is 1. The van der Waals surface area contributed by atoms with Crippen LogP contribution in [-0.4, -0.2) is 26.4 Å². The number of nitrogens with zero attached hydrogens (tertiary/aromatic N) is 3. The van der Waals surface area contributed by atoms with Crippen LogP contribution in [0.25, 0.3) is 16.8 Å². The predicted octanol–water partition coefficient (Wildman–Crippen LogP) is 3.69. The van der Waals surface area contributed by atoms with E-state index in [1.165, 1.54) is 0 Å². The maximum atomic E-state index is 11.2. The standard InChI is InChI=1S/C18H18N4OS2/c19-16(23)10-11-22-17(15-9-5-12-24-15)20-21-18(22)25-13-4-8-14-6-2-1-3-7-14/h1-9,12H,10-11,13H2,(H2,19,23)/b8-4+. The molecule has 0 bridgehead atoms. The van der Waals surface area contributed by atoms with Crippen molar-refractivity contribution in [2.24, 2.45) is 5.73 Å². The van der Waals surface area contributed by atoms with E-state index in [0.29, 0.717) is 6.54 Å². The molecule has 3 rings (SSSR count). The summed E-state index contributed by atoms with van der Waals surface area (Å²) < 4.78 is 1.97. The van der Waals surface area contributed by atoms with Crippen LogP contribution in [0.2, 0.25) is 0 Å². The highest BCUT2D eigenvalue weighted by Crippen LogP contribution is 2.27. The van der Waals surface area contributed by atoms with E-state index in [4.69, 9.17) is 5.73 Å². The first-order valence-electron chi connectivity index (χ1n) is 7.84. The summed E-state index contributed by atoms with van der Waals surface area (Å²) >= 11 is 3.19. The second kappa shape index (κ2) is 8.64. The summed E-state index contributed by atoms with van der Waals surface area (Å²) in [6, 6.07) is 14.1. The molecule has 3 aromatic rings. The van der Waals surface area contributed by atoms with Crippen LogP contribution in [0.5, 0.6) is 0 Å². The van der Waals surface area contributed by atoms with Crippen LogP contribution < -0.4 is 5.73 Å². The Morgan fingerprint density at radius 3 is 2.76 bits per heavy atom. The Labute approximate surface area is 154 Å². The fourth-order valence-corrected chi connectivity index (χ4v) is 3.77. The van der Waals surface area contributed by atoms with Crippen LogP contribution in [0.1, 0.15) is 12.0 Å². The molecule has 2 aromatic heterocycles. The molecule has 0 atom stereocenters. The largest absolute Gasteiger partial charge is 0.370 e. The SMILES string of the molecule is NC(=O)CCn1c(SC/C=C/c2ccccc2)nnc1-c1cccs1. The maximum absolute atomic E-state index is 11.2. The minimum Gasteiger partial charge on any atom is -0.370 e. The summed E-state index contributed by atoms with van der Waals surface area (Å²) in [5.74, 6) is 1.23. The first kappa shape index (κ1) is 17.4. The van der Waals surface area contributed by atoms with Crippen molar-refractivity contribution in [3.8, 4) is 10.7 Å². The Morgan fingerprint density at radius 1 is 1.20 bits per heavy atom. The number of hydrogen-bond donors (Lipinski definition) is 1. The fourth-order valence-electron chi connectivity index (χ4n) is 2.28. The molecule has 0 unspecified atom stereocenters. The molecule has 0 spiro atoms. The van der Waals surface area contributed by atoms with E-state index in [1.54, 1.807) is 23.1 Å². The van der Waals surface area contributed by atoms with Crippen LogP contribution in [0, 0.1) is 0 Å². The highest BCUT2D eigenvalue weighted by atomic mass is 32.2. The van der Waals surface area contributed by atoms with Gasteiger partial charge in [-0.05, 0) is 17.0 Å². The highest BCUT2D eigenvalue weighted by molar-refractivity contribution is 7.99. The molecule has 0 fully saturated rings. The molecule has 0 aliphatic heterocycles. The maximum Gasteiger partial charge on any atom is 0.219 e. The van der Waals surface area contributed by atoms with Gasteiger partial charge >= 0.3 is 0 Å². The van der Waals surface area contributed by atoms with E-state index < -0.39 is 0 Å². The number of carbonyl (C=O) groups excluding carboxylic acids is 1. The van der Waals surface area contributed by atoms with Gasteiger partial charge in [-0.25, -0.2) is 0 Å².